The van der Waals surface area contributed by atoms with E-state index in [9.17, 15) is 14.7 Å². The van der Waals surface area contributed by atoms with Crippen molar-refractivity contribution in [1.82, 2.24) is 0 Å². The molecule has 5 nitrogen and oxygen atoms in total. The average Bonchev–Trinajstić information content (AvgIpc) is 2.56. The normalized spacial score (nSPS) is 10.1. The Balaban J connectivity index is 0. The molecule has 0 saturated carbocycles. The SMILES string of the molecule is Cc1cc(O)c(C=O)c(Br)c1.O=Cc1c(O)cc(O)cc1Br.[2H]P.[3H][P+](P)=S. The number of carbonyl (C=O) groups is 2. The highest BCUT2D eigenvalue weighted by molar-refractivity contribution is 9.10. The molecular weight excluding hydrogens is 545 g/mol. The number of aromatic hydroxyl groups is 3. The first kappa shape index (κ1) is 23.6. The van der Waals surface area contributed by atoms with Gasteiger partial charge in [-0.15, -0.1) is 0 Å². The molecule has 0 aliphatic rings. The first-order chi connectivity index (χ1) is 13.0. The number of carbonyl (C=O) groups excluding carboxylic acids is 2. The van der Waals surface area contributed by atoms with Crippen molar-refractivity contribution in [1.29, 1.82) is 2.56 Å². The molecular formula is C15H18Br2O5P3S+. The van der Waals surface area contributed by atoms with Gasteiger partial charge in [-0.25, -0.2) is 0 Å². The smallest absolute Gasteiger partial charge is 0.355 e. The highest BCUT2D eigenvalue weighted by Crippen LogP contribution is 2.29. The van der Waals surface area contributed by atoms with E-state index in [0.29, 0.717) is 27.1 Å². The Kier molecular flexibility index (Phi) is 13.2. The van der Waals surface area contributed by atoms with Gasteiger partial charge in [0.05, 0.1) is 21.3 Å². The molecule has 0 radical (unpaired) electrons. The summed E-state index contributed by atoms with van der Waals surface area (Å²) in [6.07, 6.45) is 1.14. The third kappa shape index (κ3) is 9.45. The maximum Gasteiger partial charge on any atom is 0.355 e. The van der Waals surface area contributed by atoms with Gasteiger partial charge in [0, 0.05) is 15.0 Å². The molecule has 0 heterocycles. The van der Waals surface area contributed by atoms with Crippen molar-refractivity contribution in [3.8, 4) is 17.2 Å². The Labute approximate surface area is 183 Å². The molecule has 2 aromatic rings. The van der Waals surface area contributed by atoms with Crippen LogP contribution < -0.4 is 0 Å². The fourth-order valence-electron chi connectivity index (χ4n) is 1.56. The van der Waals surface area contributed by atoms with Crippen LogP contribution >= 0.6 is 57.6 Å². The molecule has 26 heavy (non-hydrogen) atoms. The van der Waals surface area contributed by atoms with Crippen LogP contribution in [0, 0.1) is 6.92 Å². The quantitative estimate of drug-likeness (QED) is 0.353. The molecule has 142 valence electrons. The van der Waals surface area contributed by atoms with Crippen LogP contribution in [0.15, 0.2) is 33.2 Å². The number of rotatable bonds is 2. The topological polar surface area (TPSA) is 94.8 Å². The third-order valence-electron chi connectivity index (χ3n) is 2.58. The van der Waals surface area contributed by atoms with Gasteiger partial charge in [0.2, 0.25) is 0 Å². The van der Waals surface area contributed by atoms with E-state index in [2.05, 4.69) is 52.6 Å². The van der Waals surface area contributed by atoms with Gasteiger partial charge in [-0.3, -0.25) is 9.59 Å². The number of benzene rings is 2. The summed E-state index contributed by atoms with van der Waals surface area (Å²) in [6.45, 7) is 0.976. The first-order valence-corrected chi connectivity index (χ1v) is 11.5. The summed E-state index contributed by atoms with van der Waals surface area (Å²) in [5.74, 6) is -0.293. The molecule has 3 unspecified atom stereocenters. The van der Waals surface area contributed by atoms with Crippen molar-refractivity contribution in [3.05, 3.63) is 49.9 Å². The second kappa shape index (κ2) is 14.6. The fraction of sp³-hybridized carbons (Fsp3) is 0.0667. The van der Waals surface area contributed by atoms with Gasteiger partial charge in [0.1, 0.15) is 17.2 Å². The van der Waals surface area contributed by atoms with Crippen LogP contribution in [0.1, 0.15) is 26.3 Å². The predicted molar refractivity (Wildman–Crippen MR) is 125 cm³/mol. The van der Waals surface area contributed by atoms with Gasteiger partial charge >= 0.3 is 1.28 Å². The molecule has 0 amide bonds. The Morgan fingerprint density at radius 2 is 1.50 bits per heavy atom. The van der Waals surface area contributed by atoms with E-state index in [4.69, 9.17) is 12.8 Å². The molecule has 11 heteroatoms. The van der Waals surface area contributed by atoms with Gasteiger partial charge in [0.25, 0.3) is 0 Å². The zero-order valence-corrected chi connectivity index (χ0v) is 20.6. The molecule has 3 atom stereocenters. The molecule has 3 N–H and O–H groups in total. The second-order valence-electron chi connectivity index (χ2n) is 4.38. The van der Waals surface area contributed by atoms with Crippen molar-refractivity contribution in [3.63, 3.8) is 0 Å². The molecule has 0 saturated heterocycles. The van der Waals surface area contributed by atoms with Crippen molar-refractivity contribution in [2.24, 2.45) is 0 Å². The van der Waals surface area contributed by atoms with Crippen molar-refractivity contribution in [2.75, 3.05) is 0 Å². The number of phenolic OH excluding ortho intramolecular Hbond substituents is 3. The fourth-order valence-corrected chi connectivity index (χ4v) is 2.75. The summed E-state index contributed by atoms with van der Waals surface area (Å²) >= 11 is 10.5. The minimum Gasteiger partial charge on any atom is -0.508 e. The van der Waals surface area contributed by atoms with Crippen LogP contribution in [0.5, 0.6) is 17.2 Å². The highest BCUT2D eigenvalue weighted by Gasteiger charge is 2.06. The van der Waals surface area contributed by atoms with Crippen molar-refractivity contribution >= 4 is 82.0 Å². The van der Waals surface area contributed by atoms with Gasteiger partial charge in [-0.2, -0.15) is 9.84 Å². The van der Waals surface area contributed by atoms with Crippen LogP contribution in [0.25, 0.3) is 0 Å². The molecule has 2 rings (SSSR count). The standard InChI is InChI=1S/C8H7BrO2.C7H5BrO3.H2P2S.H3P/c1-5-2-7(9)6(4-10)8(11)3-5;8-6-1-4(10)2-7(11)5(6)3-9;1-2-3;/h2-4,11H,1H3;1-3,10-11H;1H2;1H3/p+1/i;;;1D/hT. The summed E-state index contributed by atoms with van der Waals surface area (Å²) in [5, 5.41) is 27.2. The number of hydrogen-bond acceptors (Lipinski definition) is 6. The number of phenols is 3. The summed E-state index contributed by atoms with van der Waals surface area (Å²) in [5.41, 5.74) is 1.36. The second-order valence-corrected chi connectivity index (χ2v) is 8.83. The molecule has 2 aromatic carbocycles. The largest absolute Gasteiger partial charge is 0.508 e. The molecule has 0 fully saturated rings. The highest BCUT2D eigenvalue weighted by atomic mass is 79.9. The van der Waals surface area contributed by atoms with Gasteiger partial charge in [-0.1, -0.05) is 0 Å². The van der Waals surface area contributed by atoms with Gasteiger partial charge in [0.15, 0.2) is 31.4 Å². The van der Waals surface area contributed by atoms with E-state index < -0.39 is 6.99 Å². The molecule has 0 aliphatic heterocycles. The van der Waals surface area contributed by atoms with Crippen molar-refractivity contribution in [2.45, 2.75) is 6.92 Å². The summed E-state index contributed by atoms with van der Waals surface area (Å²) in [7, 11) is 3.87. The maximum absolute atomic E-state index is 10.4. The summed E-state index contributed by atoms with van der Waals surface area (Å²) < 4.78 is 13.1. The van der Waals surface area contributed by atoms with E-state index >= 15 is 0 Å². The lowest BCUT2D eigenvalue weighted by Crippen LogP contribution is -1.84. The first-order valence-electron chi connectivity index (χ1n) is 7.37. The van der Waals surface area contributed by atoms with E-state index in [1.807, 2.05) is 6.92 Å². The minimum atomic E-state index is -0.870. The van der Waals surface area contributed by atoms with Crippen LogP contribution in [0.3, 0.4) is 0 Å². The maximum atomic E-state index is 10.4. The van der Waals surface area contributed by atoms with Gasteiger partial charge < -0.3 is 15.3 Å². The third-order valence-corrected chi connectivity index (χ3v) is 3.89. The lowest BCUT2D eigenvalue weighted by Gasteiger charge is -2.00. The minimum absolute atomic E-state index is 0.0203. The Hall–Kier alpha value is -0.480. The lowest BCUT2D eigenvalue weighted by atomic mass is 10.1. The Bertz CT molecular complexity index is 717. The predicted octanol–water partition coefficient (Wildman–Crippen LogP) is 4.92. The van der Waals surface area contributed by atoms with Gasteiger partial charge in [-0.05, 0) is 62.5 Å². The van der Waals surface area contributed by atoms with Crippen LogP contribution in [-0.2, 0) is 11.8 Å². The summed E-state index contributed by atoms with van der Waals surface area (Å²) in [4.78, 5) is 20.7. The number of halogens is 2. The van der Waals surface area contributed by atoms with Crippen LogP contribution in [-0.4, -0.2) is 30.4 Å². The van der Waals surface area contributed by atoms with E-state index in [0.717, 1.165) is 11.6 Å². The van der Waals surface area contributed by atoms with Crippen molar-refractivity contribution < 1.29 is 24.9 Å². The Morgan fingerprint density at radius 3 is 1.85 bits per heavy atom. The van der Waals surface area contributed by atoms with E-state index in [1.165, 1.54) is 6.07 Å². The Morgan fingerprint density at radius 1 is 1.12 bits per heavy atom. The van der Waals surface area contributed by atoms with E-state index in [1.54, 1.807) is 22.0 Å². The van der Waals surface area contributed by atoms with Crippen LogP contribution in [0.4, 0.5) is 0 Å². The molecule has 0 bridgehead atoms. The van der Waals surface area contributed by atoms with Crippen LogP contribution in [0.2, 0.25) is 0 Å². The lowest BCUT2D eigenvalue weighted by molar-refractivity contribution is 0.111. The monoisotopic (exact) mass is 564 g/mol. The molecule has 0 spiro atoms. The number of hydrogen-bond donors (Lipinski definition) is 3. The molecule has 0 aliphatic carbocycles. The summed E-state index contributed by atoms with van der Waals surface area (Å²) in [6, 6.07) is 5.77. The number of aldehydes is 2. The van der Waals surface area contributed by atoms with E-state index in [-0.39, 0.29) is 22.8 Å². The molecule has 0 aromatic heterocycles. The zero-order chi connectivity index (χ0) is 22.4. The zero-order valence-electron chi connectivity index (χ0n) is 15.4. The number of aryl methyl sites for hydroxylation is 1. The average molecular weight is 566 g/mol.